The Labute approximate surface area is 151 Å². The fourth-order valence-electron chi connectivity index (χ4n) is 3.31. The number of benzene rings is 2. The van der Waals surface area contributed by atoms with Crippen LogP contribution in [-0.4, -0.2) is 14.5 Å². The number of fused-ring (bicyclic) bond motifs is 1. The minimum atomic E-state index is -0.0123. The molecule has 4 nitrogen and oxygen atoms in total. The van der Waals surface area contributed by atoms with E-state index in [4.69, 9.17) is 0 Å². The number of pyridine rings is 1. The zero-order valence-corrected chi connectivity index (χ0v) is 14.8. The third-order valence-corrected chi connectivity index (χ3v) is 4.59. The predicted octanol–water partition coefficient (Wildman–Crippen LogP) is 4.32. The maximum Gasteiger partial charge on any atom is 0.263 e. The molecule has 2 heterocycles. The predicted molar refractivity (Wildman–Crippen MR) is 105 cm³/mol. The van der Waals surface area contributed by atoms with Gasteiger partial charge in [0.15, 0.2) is 0 Å². The summed E-state index contributed by atoms with van der Waals surface area (Å²) < 4.78 is 1.81. The molecular weight excluding hydrogens is 322 g/mol. The highest BCUT2D eigenvalue weighted by Crippen LogP contribution is 2.27. The average Bonchev–Trinajstić information content (AvgIpc) is 2.68. The van der Waals surface area contributed by atoms with Crippen molar-refractivity contribution in [3.05, 3.63) is 88.9 Å². The summed E-state index contributed by atoms with van der Waals surface area (Å²) in [6.45, 7) is 3.92. The minimum absolute atomic E-state index is 0.0123. The van der Waals surface area contributed by atoms with E-state index in [-0.39, 0.29) is 5.56 Å². The second kappa shape index (κ2) is 6.56. The highest BCUT2D eigenvalue weighted by atomic mass is 16.1. The lowest BCUT2D eigenvalue weighted by molar-refractivity contribution is 0.889. The number of hydrogen-bond donors (Lipinski definition) is 0. The smallest absolute Gasteiger partial charge is 0.263 e. The molecule has 0 aliphatic rings. The quantitative estimate of drug-likeness (QED) is 0.557. The van der Waals surface area contributed by atoms with Crippen LogP contribution in [-0.2, 0) is 6.42 Å². The van der Waals surface area contributed by atoms with Gasteiger partial charge in [0.2, 0.25) is 0 Å². The largest absolute Gasteiger partial charge is 0.281 e. The molecule has 2 aromatic heterocycles. The zero-order valence-electron chi connectivity index (χ0n) is 14.8. The van der Waals surface area contributed by atoms with E-state index in [1.165, 1.54) is 0 Å². The lowest BCUT2D eigenvalue weighted by Crippen LogP contribution is -2.22. The molecule has 0 radical (unpaired) electrons. The highest BCUT2D eigenvalue weighted by Gasteiger charge is 2.14. The van der Waals surface area contributed by atoms with Gasteiger partial charge in [-0.2, -0.15) is 0 Å². The molecule has 128 valence electrons. The first-order valence-electron chi connectivity index (χ1n) is 8.71. The first-order valence-corrected chi connectivity index (χ1v) is 8.71. The van der Waals surface area contributed by atoms with E-state index < -0.39 is 0 Å². The van der Waals surface area contributed by atoms with Crippen LogP contribution in [0, 0.1) is 6.92 Å². The van der Waals surface area contributed by atoms with E-state index in [1.54, 1.807) is 17.0 Å². The van der Waals surface area contributed by atoms with Crippen LogP contribution in [0.25, 0.3) is 27.6 Å². The molecule has 4 aromatic rings. The van der Waals surface area contributed by atoms with E-state index >= 15 is 0 Å². The van der Waals surface area contributed by atoms with Crippen LogP contribution >= 0.6 is 0 Å². The number of nitrogens with zero attached hydrogens (tertiary/aromatic N) is 3. The fraction of sp³-hybridized carbons (Fsp3) is 0.136. The van der Waals surface area contributed by atoms with Gasteiger partial charge in [-0.25, -0.2) is 9.97 Å². The van der Waals surface area contributed by atoms with E-state index in [0.29, 0.717) is 11.2 Å². The van der Waals surface area contributed by atoms with Crippen LogP contribution in [0.3, 0.4) is 0 Å². The lowest BCUT2D eigenvalue weighted by atomic mass is 10.0. The van der Waals surface area contributed by atoms with Crippen molar-refractivity contribution < 1.29 is 0 Å². The average molecular weight is 341 g/mol. The summed E-state index contributed by atoms with van der Waals surface area (Å²) in [7, 11) is 0. The van der Waals surface area contributed by atoms with Crippen molar-refractivity contribution in [3.8, 4) is 16.8 Å². The number of hydrogen-bond acceptors (Lipinski definition) is 3. The van der Waals surface area contributed by atoms with Crippen molar-refractivity contribution in [3.63, 3.8) is 0 Å². The molecule has 0 fully saturated rings. The molecule has 0 amide bonds. The summed E-state index contributed by atoms with van der Waals surface area (Å²) in [5.41, 5.74) is 3.57. The molecule has 0 aliphatic heterocycles. The van der Waals surface area contributed by atoms with Gasteiger partial charge < -0.3 is 0 Å². The molecule has 4 heteroatoms. The maximum absolute atomic E-state index is 13.5. The summed E-state index contributed by atoms with van der Waals surface area (Å²) >= 11 is 0. The summed E-state index contributed by atoms with van der Waals surface area (Å²) in [4.78, 5) is 22.1. The molecule has 26 heavy (non-hydrogen) atoms. The normalized spacial score (nSPS) is 11.0. The van der Waals surface area contributed by atoms with Crippen molar-refractivity contribution >= 4 is 10.8 Å². The summed E-state index contributed by atoms with van der Waals surface area (Å²) in [5, 5.41) is 1.64. The number of aryl methyl sites for hydroxylation is 2. The van der Waals surface area contributed by atoms with Crippen molar-refractivity contribution in [1.29, 1.82) is 0 Å². The van der Waals surface area contributed by atoms with Crippen LogP contribution in [0.1, 0.15) is 18.4 Å². The van der Waals surface area contributed by atoms with Crippen molar-refractivity contribution in [2.75, 3.05) is 0 Å². The molecule has 0 saturated heterocycles. The first-order chi connectivity index (χ1) is 12.7. The molecule has 0 bridgehead atoms. The molecule has 4 rings (SSSR count). The summed E-state index contributed by atoms with van der Waals surface area (Å²) in [6, 6.07) is 17.8. The van der Waals surface area contributed by atoms with Gasteiger partial charge in [-0.1, -0.05) is 43.3 Å². The Kier molecular flexibility index (Phi) is 4.09. The minimum Gasteiger partial charge on any atom is -0.281 e. The molecule has 0 atom stereocenters. The van der Waals surface area contributed by atoms with Gasteiger partial charge in [0.05, 0.1) is 5.39 Å². The fourth-order valence-corrected chi connectivity index (χ4v) is 3.31. The Morgan fingerprint density at radius 3 is 2.38 bits per heavy atom. The second-order valence-corrected chi connectivity index (χ2v) is 6.25. The Morgan fingerprint density at radius 2 is 1.69 bits per heavy atom. The van der Waals surface area contributed by atoms with Crippen LogP contribution in [0.15, 0.2) is 71.8 Å². The number of para-hydroxylation sites is 1. The van der Waals surface area contributed by atoms with Gasteiger partial charge >= 0.3 is 0 Å². The van der Waals surface area contributed by atoms with Gasteiger partial charge in [0, 0.05) is 29.3 Å². The SMILES string of the molecule is CCc1cc2cccc(-c3cnc(C)nc3)c2c(=O)n1-c1ccccc1. The standard InChI is InChI=1S/C22H19N3O/c1-3-18-12-16-8-7-11-20(17-13-23-15(2)24-14-17)21(16)22(26)25(18)19-9-5-4-6-10-19/h4-14H,3H2,1-2H3. The molecule has 2 aromatic carbocycles. The number of aromatic nitrogens is 3. The third-order valence-electron chi connectivity index (χ3n) is 4.59. The Bertz CT molecular complexity index is 1130. The first kappa shape index (κ1) is 16.2. The molecule has 0 spiro atoms. The van der Waals surface area contributed by atoms with E-state index in [1.807, 2.05) is 55.5 Å². The molecular formula is C22H19N3O. The van der Waals surface area contributed by atoms with Gasteiger partial charge in [0.25, 0.3) is 5.56 Å². The van der Waals surface area contributed by atoms with Crippen molar-refractivity contribution in [2.24, 2.45) is 0 Å². The molecule has 0 saturated carbocycles. The van der Waals surface area contributed by atoms with Gasteiger partial charge in [-0.05, 0) is 42.5 Å². The number of rotatable bonds is 3. The second-order valence-electron chi connectivity index (χ2n) is 6.25. The van der Waals surface area contributed by atoms with Gasteiger partial charge in [0.1, 0.15) is 5.82 Å². The van der Waals surface area contributed by atoms with Crippen LogP contribution < -0.4 is 5.56 Å². The molecule has 0 N–H and O–H groups in total. The van der Waals surface area contributed by atoms with Crippen LogP contribution in [0.2, 0.25) is 0 Å². The Hall–Kier alpha value is -3.27. The van der Waals surface area contributed by atoms with E-state index in [0.717, 1.165) is 34.3 Å². The van der Waals surface area contributed by atoms with Gasteiger partial charge in [-0.3, -0.25) is 9.36 Å². The van der Waals surface area contributed by atoms with Crippen LogP contribution in [0.4, 0.5) is 0 Å². The van der Waals surface area contributed by atoms with Crippen molar-refractivity contribution in [2.45, 2.75) is 20.3 Å². The van der Waals surface area contributed by atoms with E-state index in [2.05, 4.69) is 23.0 Å². The highest BCUT2D eigenvalue weighted by molar-refractivity contribution is 5.96. The van der Waals surface area contributed by atoms with Gasteiger partial charge in [-0.15, -0.1) is 0 Å². The monoisotopic (exact) mass is 341 g/mol. The lowest BCUT2D eigenvalue weighted by Gasteiger charge is -2.15. The van der Waals surface area contributed by atoms with Crippen LogP contribution in [0.5, 0.6) is 0 Å². The molecule has 0 unspecified atom stereocenters. The third kappa shape index (κ3) is 2.69. The molecule has 0 aliphatic carbocycles. The topological polar surface area (TPSA) is 47.8 Å². The summed E-state index contributed by atoms with van der Waals surface area (Å²) in [5.74, 6) is 0.712. The Balaban J connectivity index is 2.08. The summed E-state index contributed by atoms with van der Waals surface area (Å²) in [6.07, 6.45) is 4.33. The Morgan fingerprint density at radius 1 is 0.962 bits per heavy atom. The van der Waals surface area contributed by atoms with Crippen molar-refractivity contribution in [1.82, 2.24) is 14.5 Å². The zero-order chi connectivity index (χ0) is 18.1. The maximum atomic E-state index is 13.5. The van der Waals surface area contributed by atoms with E-state index in [9.17, 15) is 4.79 Å².